The smallest absolute Gasteiger partial charge is 0.0640 e. The molecule has 1 aliphatic rings. The van der Waals surface area contributed by atoms with E-state index < -0.39 is 0 Å². The van der Waals surface area contributed by atoms with E-state index >= 15 is 0 Å². The number of rotatable bonds is 6. The molecular formula is C13H23N3S. The molecule has 1 aromatic rings. The van der Waals surface area contributed by atoms with Crippen molar-refractivity contribution in [2.24, 2.45) is 13.0 Å². The van der Waals surface area contributed by atoms with Crippen LogP contribution in [-0.4, -0.2) is 33.9 Å². The molecule has 2 atom stereocenters. The summed E-state index contributed by atoms with van der Waals surface area (Å²) in [6.07, 6.45) is 5.68. The molecule has 3 nitrogen and oxygen atoms in total. The fourth-order valence-electron chi connectivity index (χ4n) is 2.40. The zero-order valence-electron chi connectivity index (χ0n) is 10.9. The highest BCUT2D eigenvalue weighted by Crippen LogP contribution is 2.27. The standard InChI is InChI=1S/C13H23N3S/c1-3-6-14-13(11-5-8-17-10-11)9-12-4-7-16(2)15-12/h4,7,11,13-14H,3,5-6,8-10H2,1-2H3. The second kappa shape index (κ2) is 6.45. The molecule has 0 amide bonds. The Kier molecular flexibility index (Phi) is 4.92. The van der Waals surface area contributed by atoms with Crippen LogP contribution in [0.4, 0.5) is 0 Å². The molecule has 0 radical (unpaired) electrons. The van der Waals surface area contributed by atoms with Crippen molar-refractivity contribution in [3.8, 4) is 0 Å². The lowest BCUT2D eigenvalue weighted by molar-refractivity contribution is 0.377. The zero-order valence-corrected chi connectivity index (χ0v) is 11.7. The highest BCUT2D eigenvalue weighted by molar-refractivity contribution is 7.99. The van der Waals surface area contributed by atoms with E-state index in [4.69, 9.17) is 0 Å². The van der Waals surface area contributed by atoms with E-state index in [0.29, 0.717) is 6.04 Å². The predicted octanol–water partition coefficient (Wildman–Crippen LogP) is 2.08. The third-order valence-corrected chi connectivity index (χ3v) is 4.58. The van der Waals surface area contributed by atoms with Gasteiger partial charge in [0, 0.05) is 25.7 Å². The molecular weight excluding hydrogens is 230 g/mol. The molecule has 1 aromatic heterocycles. The average Bonchev–Trinajstić information content (AvgIpc) is 2.95. The number of nitrogens with one attached hydrogen (secondary N) is 1. The summed E-state index contributed by atoms with van der Waals surface area (Å²) in [6.45, 7) is 3.35. The first kappa shape index (κ1) is 13.0. The van der Waals surface area contributed by atoms with Crippen LogP contribution in [0.2, 0.25) is 0 Å². The van der Waals surface area contributed by atoms with Crippen LogP contribution >= 0.6 is 11.8 Å². The molecule has 96 valence electrons. The molecule has 2 heterocycles. The Hall–Kier alpha value is -0.480. The largest absolute Gasteiger partial charge is 0.313 e. The van der Waals surface area contributed by atoms with Gasteiger partial charge in [0.05, 0.1) is 5.69 Å². The van der Waals surface area contributed by atoms with Crippen LogP contribution < -0.4 is 5.32 Å². The molecule has 0 aliphatic carbocycles. The van der Waals surface area contributed by atoms with E-state index in [9.17, 15) is 0 Å². The molecule has 2 rings (SSSR count). The summed E-state index contributed by atoms with van der Waals surface area (Å²) >= 11 is 2.09. The maximum absolute atomic E-state index is 4.50. The first-order valence-corrected chi connectivity index (χ1v) is 7.74. The van der Waals surface area contributed by atoms with Crippen molar-refractivity contribution in [3.05, 3.63) is 18.0 Å². The predicted molar refractivity (Wildman–Crippen MR) is 74.4 cm³/mol. The highest BCUT2D eigenvalue weighted by atomic mass is 32.2. The topological polar surface area (TPSA) is 29.9 Å². The van der Waals surface area contributed by atoms with Crippen LogP contribution in [0.25, 0.3) is 0 Å². The highest BCUT2D eigenvalue weighted by Gasteiger charge is 2.25. The minimum absolute atomic E-state index is 0.611. The van der Waals surface area contributed by atoms with Gasteiger partial charge in [0.2, 0.25) is 0 Å². The minimum atomic E-state index is 0.611. The maximum Gasteiger partial charge on any atom is 0.0640 e. The Morgan fingerprint density at radius 1 is 1.65 bits per heavy atom. The Morgan fingerprint density at radius 3 is 3.12 bits per heavy atom. The van der Waals surface area contributed by atoms with Crippen molar-refractivity contribution in [2.45, 2.75) is 32.2 Å². The summed E-state index contributed by atoms with van der Waals surface area (Å²) in [4.78, 5) is 0. The first-order chi connectivity index (χ1) is 8.29. The molecule has 1 aliphatic heterocycles. The van der Waals surface area contributed by atoms with Crippen LogP contribution in [0.3, 0.4) is 0 Å². The van der Waals surface area contributed by atoms with Crippen LogP contribution in [0.5, 0.6) is 0 Å². The average molecular weight is 253 g/mol. The summed E-state index contributed by atoms with van der Waals surface area (Å²) < 4.78 is 1.90. The Bertz CT molecular complexity index is 331. The minimum Gasteiger partial charge on any atom is -0.313 e. The number of hydrogen-bond acceptors (Lipinski definition) is 3. The van der Waals surface area contributed by atoms with E-state index in [2.05, 4.69) is 35.2 Å². The van der Waals surface area contributed by atoms with E-state index in [1.165, 1.54) is 30.0 Å². The van der Waals surface area contributed by atoms with Gasteiger partial charge >= 0.3 is 0 Å². The normalized spacial score (nSPS) is 21.9. The van der Waals surface area contributed by atoms with Gasteiger partial charge < -0.3 is 5.32 Å². The van der Waals surface area contributed by atoms with Crippen molar-refractivity contribution in [1.29, 1.82) is 0 Å². The molecule has 0 saturated carbocycles. The molecule has 17 heavy (non-hydrogen) atoms. The van der Waals surface area contributed by atoms with Crippen LogP contribution in [0.1, 0.15) is 25.5 Å². The first-order valence-electron chi connectivity index (χ1n) is 6.59. The van der Waals surface area contributed by atoms with E-state index in [1.807, 2.05) is 17.9 Å². The lowest BCUT2D eigenvalue weighted by Gasteiger charge is -2.23. The van der Waals surface area contributed by atoms with Gasteiger partial charge in [0.1, 0.15) is 0 Å². The van der Waals surface area contributed by atoms with Gasteiger partial charge in [0.25, 0.3) is 0 Å². The van der Waals surface area contributed by atoms with Crippen molar-refractivity contribution >= 4 is 11.8 Å². The monoisotopic (exact) mass is 253 g/mol. The van der Waals surface area contributed by atoms with Gasteiger partial charge in [-0.3, -0.25) is 4.68 Å². The van der Waals surface area contributed by atoms with Crippen LogP contribution in [-0.2, 0) is 13.5 Å². The van der Waals surface area contributed by atoms with Crippen molar-refractivity contribution < 1.29 is 0 Å². The molecule has 2 unspecified atom stereocenters. The van der Waals surface area contributed by atoms with E-state index in [-0.39, 0.29) is 0 Å². The Labute approximate surface area is 108 Å². The molecule has 0 aromatic carbocycles. The number of hydrogen-bond donors (Lipinski definition) is 1. The second-order valence-corrected chi connectivity index (χ2v) is 6.02. The summed E-state index contributed by atoms with van der Waals surface area (Å²) in [6, 6.07) is 2.75. The van der Waals surface area contributed by atoms with Crippen LogP contribution in [0, 0.1) is 5.92 Å². The third-order valence-electron chi connectivity index (χ3n) is 3.39. The summed E-state index contributed by atoms with van der Waals surface area (Å²) in [5.41, 5.74) is 1.22. The number of aromatic nitrogens is 2. The van der Waals surface area contributed by atoms with Gasteiger partial charge in [0.15, 0.2) is 0 Å². The van der Waals surface area contributed by atoms with Gasteiger partial charge in [-0.05, 0) is 42.9 Å². The summed E-state index contributed by atoms with van der Waals surface area (Å²) in [5, 5.41) is 8.21. The van der Waals surface area contributed by atoms with Gasteiger partial charge in [-0.25, -0.2) is 0 Å². The van der Waals surface area contributed by atoms with Crippen molar-refractivity contribution in [1.82, 2.24) is 15.1 Å². The molecule has 1 fully saturated rings. The molecule has 4 heteroatoms. The van der Waals surface area contributed by atoms with Crippen LogP contribution in [0.15, 0.2) is 12.3 Å². The van der Waals surface area contributed by atoms with Gasteiger partial charge in [-0.1, -0.05) is 6.92 Å². The zero-order chi connectivity index (χ0) is 12.1. The SMILES string of the molecule is CCCNC(Cc1ccn(C)n1)C1CCSC1. The van der Waals surface area contributed by atoms with Gasteiger partial charge in [-0.15, -0.1) is 0 Å². The Morgan fingerprint density at radius 2 is 2.53 bits per heavy atom. The van der Waals surface area contributed by atoms with Crippen molar-refractivity contribution in [2.75, 3.05) is 18.1 Å². The van der Waals surface area contributed by atoms with E-state index in [1.54, 1.807) is 0 Å². The third kappa shape index (κ3) is 3.75. The van der Waals surface area contributed by atoms with Gasteiger partial charge in [-0.2, -0.15) is 16.9 Å². The van der Waals surface area contributed by atoms with E-state index in [0.717, 1.165) is 18.9 Å². The molecule has 1 saturated heterocycles. The maximum atomic E-state index is 4.50. The number of aryl methyl sites for hydroxylation is 1. The molecule has 1 N–H and O–H groups in total. The molecule has 0 bridgehead atoms. The fourth-order valence-corrected chi connectivity index (χ4v) is 3.74. The Balaban J connectivity index is 1.94. The van der Waals surface area contributed by atoms with Crippen molar-refractivity contribution in [3.63, 3.8) is 0 Å². The number of nitrogens with zero attached hydrogens (tertiary/aromatic N) is 2. The summed E-state index contributed by atoms with van der Waals surface area (Å²) in [5.74, 6) is 3.47. The lowest BCUT2D eigenvalue weighted by atomic mass is 9.95. The lowest BCUT2D eigenvalue weighted by Crippen LogP contribution is -2.38. The quantitative estimate of drug-likeness (QED) is 0.842. The number of thioether (sulfide) groups is 1. The summed E-state index contributed by atoms with van der Waals surface area (Å²) in [7, 11) is 1.99. The molecule has 0 spiro atoms. The second-order valence-electron chi connectivity index (χ2n) is 4.87. The fraction of sp³-hybridized carbons (Fsp3) is 0.769.